The van der Waals surface area contributed by atoms with Crippen LogP contribution in [-0.4, -0.2) is 43.5 Å². The molecule has 17 heavy (non-hydrogen) atoms. The number of amidine groups is 1. The molecular weight excluding hydrogens is 293 g/mol. The summed E-state index contributed by atoms with van der Waals surface area (Å²) in [5.74, 6) is 0.932. The van der Waals surface area contributed by atoms with E-state index in [4.69, 9.17) is 11.6 Å². The minimum atomic E-state index is -10.7. The average molecular weight is 307 g/mol. The Balaban J connectivity index is 0. The van der Waals surface area contributed by atoms with E-state index in [1.165, 1.54) is 0 Å². The Hall–Kier alpha value is -0.490. The zero-order valence-corrected chi connectivity index (χ0v) is 11.3. The Labute approximate surface area is 100 Å². The van der Waals surface area contributed by atoms with Gasteiger partial charge in [0.1, 0.15) is 5.03 Å². The fourth-order valence-corrected chi connectivity index (χ4v) is 1.22. The number of rotatable bonds is 1. The van der Waals surface area contributed by atoms with Crippen molar-refractivity contribution < 1.29 is 29.8 Å². The maximum atomic E-state index is 9.87. The van der Waals surface area contributed by atoms with Crippen LogP contribution in [-0.2, 0) is 0 Å². The molecule has 10 heteroatoms. The summed E-state index contributed by atoms with van der Waals surface area (Å²) in [5.41, 5.74) is 0. The van der Waals surface area contributed by atoms with Crippen molar-refractivity contribution >= 4 is 25.2 Å². The van der Waals surface area contributed by atoms with Crippen molar-refractivity contribution in [1.29, 1.82) is 0 Å². The van der Waals surface area contributed by atoms with Crippen molar-refractivity contribution in [3.05, 3.63) is 11.6 Å². The van der Waals surface area contributed by atoms with Crippen LogP contribution >= 0.6 is 19.4 Å². The number of likely N-dealkylation sites (N-methyl/N-ethyl adjacent to an activating group) is 1. The molecule has 0 bridgehead atoms. The fourth-order valence-electron chi connectivity index (χ4n) is 0.885. The van der Waals surface area contributed by atoms with Crippen LogP contribution < -0.4 is 0 Å². The molecule has 0 N–H and O–H groups in total. The summed E-state index contributed by atoms with van der Waals surface area (Å²) < 4.78 is 61.1. The van der Waals surface area contributed by atoms with Gasteiger partial charge in [-0.15, -0.1) is 0 Å². The van der Waals surface area contributed by atoms with Crippen LogP contribution in [0.1, 0.15) is 0 Å². The summed E-state index contributed by atoms with van der Waals surface area (Å²) >= 11 is 5.72. The van der Waals surface area contributed by atoms with Crippen molar-refractivity contribution in [1.82, 2.24) is 4.90 Å². The molecule has 0 atom stereocenters. The van der Waals surface area contributed by atoms with Crippen molar-refractivity contribution in [3.8, 4) is 0 Å². The molecule has 0 fully saturated rings. The molecule has 0 aliphatic heterocycles. The van der Waals surface area contributed by atoms with E-state index in [1.807, 2.05) is 37.7 Å². The first-order valence-corrected chi connectivity index (χ1v) is 6.45. The van der Waals surface area contributed by atoms with Crippen LogP contribution in [0.15, 0.2) is 11.6 Å². The van der Waals surface area contributed by atoms with Crippen LogP contribution in [0.3, 0.4) is 0 Å². The van der Waals surface area contributed by atoms with Gasteiger partial charge in [0.25, 0.3) is 5.84 Å². The first kappa shape index (κ1) is 18.9. The molecule has 0 unspecified atom stereocenters. The predicted octanol–water partition coefficient (Wildman–Crippen LogP) is 4.35. The molecular formula is C7H14ClF6N2P. The van der Waals surface area contributed by atoms with Crippen LogP contribution in [0.5, 0.6) is 0 Å². The fraction of sp³-hybridized carbons (Fsp3) is 0.571. The van der Waals surface area contributed by atoms with Gasteiger partial charge in [-0.3, -0.25) is 9.48 Å². The Morgan fingerprint density at radius 2 is 1.29 bits per heavy atom. The van der Waals surface area contributed by atoms with E-state index in [0.717, 1.165) is 5.84 Å². The van der Waals surface area contributed by atoms with Gasteiger partial charge in [-0.05, 0) is 0 Å². The third-order valence-corrected chi connectivity index (χ3v) is 1.26. The first-order valence-electron chi connectivity index (χ1n) is 4.04. The Kier molecular flexibility index (Phi) is 5.16. The molecule has 0 aliphatic carbocycles. The quantitative estimate of drug-likeness (QED) is 0.229. The Morgan fingerprint density at radius 3 is 1.29 bits per heavy atom. The average Bonchev–Trinajstić information content (AvgIpc) is 1.73. The molecule has 0 heterocycles. The molecule has 0 aromatic rings. The predicted molar refractivity (Wildman–Crippen MR) is 59.4 cm³/mol. The summed E-state index contributed by atoms with van der Waals surface area (Å²) in [6.07, 6.45) is 0. The third-order valence-electron chi connectivity index (χ3n) is 1.09. The maximum absolute atomic E-state index is 10.7. The molecule has 0 aromatic carbocycles. The molecule has 106 valence electrons. The van der Waals surface area contributed by atoms with E-state index < -0.39 is 7.81 Å². The van der Waals surface area contributed by atoms with Gasteiger partial charge in [0.15, 0.2) is 0 Å². The SMILES string of the molecule is C=C(Cl)C(N(C)C)=[N+](C)C.F[P-](F)(F)(F)(F)F. The summed E-state index contributed by atoms with van der Waals surface area (Å²) in [4.78, 5) is 1.93. The van der Waals surface area contributed by atoms with Gasteiger partial charge in [-0.1, -0.05) is 18.2 Å². The van der Waals surface area contributed by atoms with Gasteiger partial charge in [0.2, 0.25) is 0 Å². The first-order chi connectivity index (χ1) is 6.91. The van der Waals surface area contributed by atoms with Gasteiger partial charge in [0, 0.05) is 0 Å². The second-order valence-corrected chi connectivity index (χ2v) is 5.85. The van der Waals surface area contributed by atoms with Gasteiger partial charge >= 0.3 is 33.0 Å². The zero-order chi connectivity index (χ0) is 14.7. The number of hydrogen-bond donors (Lipinski definition) is 0. The van der Waals surface area contributed by atoms with E-state index in [1.54, 1.807) is 0 Å². The number of nitrogens with zero attached hydrogens (tertiary/aromatic N) is 2. The van der Waals surface area contributed by atoms with Crippen LogP contribution in [0, 0.1) is 0 Å². The second-order valence-electron chi connectivity index (χ2n) is 3.48. The van der Waals surface area contributed by atoms with E-state index in [2.05, 4.69) is 6.58 Å². The summed E-state index contributed by atoms with van der Waals surface area (Å²) in [5, 5.41) is 0.565. The zero-order valence-electron chi connectivity index (χ0n) is 9.69. The standard InChI is InChI=1S/C7H14ClN2.F6P/c1-6(8)7(9(2)3)10(4)5;1-7(2,3,4,5)6/h1H2,2-5H3;/q+1;-1. The molecule has 0 saturated carbocycles. The van der Waals surface area contributed by atoms with Gasteiger partial charge in [-0.25, -0.2) is 0 Å². The van der Waals surface area contributed by atoms with Crippen molar-refractivity contribution in [2.75, 3.05) is 28.2 Å². The van der Waals surface area contributed by atoms with E-state index in [0.29, 0.717) is 5.03 Å². The second kappa shape index (κ2) is 4.65. The molecule has 0 amide bonds. The summed E-state index contributed by atoms with van der Waals surface area (Å²) in [7, 11) is -2.92. The summed E-state index contributed by atoms with van der Waals surface area (Å²) in [6, 6.07) is 0. The van der Waals surface area contributed by atoms with Crippen LogP contribution in [0.2, 0.25) is 0 Å². The van der Waals surface area contributed by atoms with Crippen molar-refractivity contribution in [3.63, 3.8) is 0 Å². The molecule has 0 saturated heterocycles. The topological polar surface area (TPSA) is 6.25 Å². The molecule has 2 nitrogen and oxygen atoms in total. The third kappa shape index (κ3) is 21.4. The van der Waals surface area contributed by atoms with Crippen molar-refractivity contribution in [2.45, 2.75) is 0 Å². The van der Waals surface area contributed by atoms with Gasteiger partial charge < -0.3 is 0 Å². The number of hydrogen-bond acceptors (Lipinski definition) is 0. The minimum absolute atomic E-state index is 0.565. The van der Waals surface area contributed by atoms with Gasteiger partial charge in [-0.2, -0.15) is 0 Å². The van der Waals surface area contributed by atoms with Gasteiger partial charge in [0.05, 0.1) is 28.2 Å². The molecule has 0 aromatic heterocycles. The molecule has 0 rings (SSSR count). The molecule has 0 aliphatic rings. The number of halogens is 7. The van der Waals surface area contributed by atoms with E-state index in [9.17, 15) is 25.2 Å². The van der Waals surface area contributed by atoms with E-state index >= 15 is 0 Å². The van der Waals surface area contributed by atoms with Crippen LogP contribution in [0.4, 0.5) is 25.2 Å². The van der Waals surface area contributed by atoms with E-state index in [-0.39, 0.29) is 0 Å². The Bertz CT molecular complexity index is 315. The van der Waals surface area contributed by atoms with Crippen molar-refractivity contribution in [2.24, 2.45) is 0 Å². The monoisotopic (exact) mass is 306 g/mol. The van der Waals surface area contributed by atoms with Crippen LogP contribution in [0.25, 0.3) is 0 Å². The normalized spacial score (nSPS) is 14.8. The molecule has 0 radical (unpaired) electrons. The Morgan fingerprint density at radius 1 is 1.06 bits per heavy atom. The molecule has 0 spiro atoms. The summed E-state index contributed by atoms with van der Waals surface area (Å²) in [6.45, 7) is 3.64.